The molecule has 6 nitrogen and oxygen atoms in total. The molecular formula is C13H16Cl2N2O4. The van der Waals surface area contributed by atoms with Gasteiger partial charge in [-0.1, -0.05) is 37.0 Å². The normalized spacial score (nSPS) is 12.3. The SMILES string of the molecule is CC(C)CC(O)CNC(=O)c1cc(Cl)c(Cl)c([N+](=O)[O-])c1. The number of nitrogens with zero attached hydrogens (tertiary/aromatic N) is 1. The standard InChI is InChI=1S/C13H16Cl2N2O4/c1-7(2)3-9(18)6-16-13(19)8-4-10(14)12(15)11(5-8)17(20)21/h4-5,7,9,18H,3,6H2,1-2H3,(H,16,19). The maximum absolute atomic E-state index is 11.9. The minimum Gasteiger partial charge on any atom is -0.391 e. The van der Waals surface area contributed by atoms with E-state index < -0.39 is 22.6 Å². The van der Waals surface area contributed by atoms with Crippen molar-refractivity contribution in [2.24, 2.45) is 5.92 Å². The van der Waals surface area contributed by atoms with Crippen LogP contribution in [0.2, 0.25) is 10.0 Å². The highest BCUT2D eigenvalue weighted by molar-refractivity contribution is 6.43. The van der Waals surface area contributed by atoms with Gasteiger partial charge in [0.15, 0.2) is 0 Å². The van der Waals surface area contributed by atoms with E-state index in [1.165, 1.54) is 6.07 Å². The van der Waals surface area contributed by atoms with Gasteiger partial charge in [0.2, 0.25) is 0 Å². The number of amides is 1. The molecule has 116 valence electrons. The van der Waals surface area contributed by atoms with Crippen LogP contribution in [0.3, 0.4) is 0 Å². The zero-order chi connectivity index (χ0) is 16.2. The Labute approximate surface area is 132 Å². The highest BCUT2D eigenvalue weighted by atomic mass is 35.5. The number of halogens is 2. The number of carbonyl (C=O) groups excluding carboxylic acids is 1. The summed E-state index contributed by atoms with van der Waals surface area (Å²) in [6, 6.07) is 2.30. The van der Waals surface area contributed by atoms with Crippen LogP contribution in [0.15, 0.2) is 12.1 Å². The van der Waals surface area contributed by atoms with Gasteiger partial charge in [-0.15, -0.1) is 0 Å². The number of nitrogens with one attached hydrogen (secondary N) is 1. The topological polar surface area (TPSA) is 92.5 Å². The lowest BCUT2D eigenvalue weighted by Crippen LogP contribution is -2.32. The number of hydrogen-bond donors (Lipinski definition) is 2. The van der Waals surface area contributed by atoms with Gasteiger partial charge < -0.3 is 10.4 Å². The van der Waals surface area contributed by atoms with Gasteiger partial charge in [-0.3, -0.25) is 14.9 Å². The largest absolute Gasteiger partial charge is 0.391 e. The van der Waals surface area contributed by atoms with Crippen molar-refractivity contribution in [2.45, 2.75) is 26.4 Å². The monoisotopic (exact) mass is 334 g/mol. The van der Waals surface area contributed by atoms with Crippen molar-refractivity contribution in [2.75, 3.05) is 6.54 Å². The van der Waals surface area contributed by atoms with Crippen LogP contribution in [0.25, 0.3) is 0 Å². The molecule has 8 heteroatoms. The predicted octanol–water partition coefficient (Wildman–Crippen LogP) is 3.04. The minimum atomic E-state index is -0.710. The van der Waals surface area contributed by atoms with E-state index in [0.717, 1.165) is 6.07 Å². The van der Waals surface area contributed by atoms with Crippen molar-refractivity contribution in [3.05, 3.63) is 37.9 Å². The first-order valence-corrected chi connectivity index (χ1v) is 7.07. The molecule has 0 radical (unpaired) electrons. The van der Waals surface area contributed by atoms with Gasteiger partial charge in [-0.05, 0) is 18.4 Å². The third-order valence-electron chi connectivity index (χ3n) is 2.71. The summed E-state index contributed by atoms with van der Waals surface area (Å²) in [6.07, 6.45) is -0.131. The van der Waals surface area contributed by atoms with Crippen LogP contribution in [0.4, 0.5) is 5.69 Å². The van der Waals surface area contributed by atoms with E-state index in [4.69, 9.17) is 23.2 Å². The van der Waals surface area contributed by atoms with Crippen LogP contribution in [-0.4, -0.2) is 28.6 Å². The van der Waals surface area contributed by atoms with Crippen LogP contribution in [0.5, 0.6) is 0 Å². The van der Waals surface area contributed by atoms with Gasteiger partial charge >= 0.3 is 0 Å². The quantitative estimate of drug-likeness (QED) is 0.617. The van der Waals surface area contributed by atoms with E-state index in [-0.39, 0.29) is 22.2 Å². The number of benzene rings is 1. The number of nitro groups is 1. The highest BCUT2D eigenvalue weighted by Crippen LogP contribution is 2.33. The molecule has 0 aliphatic heterocycles. The molecule has 1 aromatic carbocycles. The van der Waals surface area contributed by atoms with E-state index >= 15 is 0 Å². The van der Waals surface area contributed by atoms with E-state index in [1.54, 1.807) is 0 Å². The smallest absolute Gasteiger partial charge is 0.290 e. The van der Waals surface area contributed by atoms with Crippen molar-refractivity contribution in [1.82, 2.24) is 5.32 Å². The lowest BCUT2D eigenvalue weighted by molar-refractivity contribution is -0.384. The first-order valence-electron chi connectivity index (χ1n) is 6.32. The lowest BCUT2D eigenvalue weighted by atomic mass is 10.1. The fourth-order valence-electron chi connectivity index (χ4n) is 1.78. The average molecular weight is 335 g/mol. The average Bonchev–Trinajstić information content (AvgIpc) is 2.37. The van der Waals surface area contributed by atoms with Gasteiger partial charge in [-0.25, -0.2) is 0 Å². The molecule has 1 aromatic rings. The highest BCUT2D eigenvalue weighted by Gasteiger charge is 2.20. The second kappa shape index (κ2) is 7.59. The van der Waals surface area contributed by atoms with Crippen molar-refractivity contribution in [3.8, 4) is 0 Å². The van der Waals surface area contributed by atoms with Crippen molar-refractivity contribution in [3.63, 3.8) is 0 Å². The number of hydrogen-bond acceptors (Lipinski definition) is 4. The molecule has 1 amide bonds. The van der Waals surface area contributed by atoms with Crippen molar-refractivity contribution in [1.29, 1.82) is 0 Å². The Hall–Kier alpha value is -1.37. The van der Waals surface area contributed by atoms with E-state index in [0.29, 0.717) is 12.3 Å². The number of aliphatic hydroxyl groups excluding tert-OH is 1. The zero-order valence-corrected chi connectivity index (χ0v) is 13.1. The number of rotatable bonds is 6. The van der Waals surface area contributed by atoms with Crippen LogP contribution in [0.1, 0.15) is 30.6 Å². The molecule has 0 saturated heterocycles. The summed E-state index contributed by atoms with van der Waals surface area (Å²) < 4.78 is 0. The minimum absolute atomic E-state index is 0.0212. The molecule has 0 saturated carbocycles. The Kier molecular flexibility index (Phi) is 6.39. The summed E-state index contributed by atoms with van der Waals surface area (Å²) in [5.74, 6) is -0.262. The molecule has 0 aliphatic carbocycles. The Balaban J connectivity index is 2.81. The molecular weight excluding hydrogens is 319 g/mol. The van der Waals surface area contributed by atoms with Gasteiger partial charge in [0, 0.05) is 18.2 Å². The fraction of sp³-hybridized carbons (Fsp3) is 0.462. The third-order valence-corrected chi connectivity index (χ3v) is 3.50. The summed E-state index contributed by atoms with van der Waals surface area (Å²) >= 11 is 11.5. The molecule has 1 unspecified atom stereocenters. The summed E-state index contributed by atoms with van der Waals surface area (Å²) in [5, 5.41) is 22.7. The second-order valence-corrected chi connectivity index (χ2v) is 5.83. The van der Waals surface area contributed by atoms with E-state index in [2.05, 4.69) is 5.32 Å². The first kappa shape index (κ1) is 17.7. The molecule has 0 heterocycles. The molecule has 0 aliphatic rings. The van der Waals surface area contributed by atoms with Gasteiger partial charge in [-0.2, -0.15) is 0 Å². The van der Waals surface area contributed by atoms with Crippen LogP contribution < -0.4 is 5.32 Å². The molecule has 0 spiro atoms. The van der Waals surface area contributed by atoms with Crippen molar-refractivity contribution < 1.29 is 14.8 Å². The van der Waals surface area contributed by atoms with E-state index in [1.807, 2.05) is 13.8 Å². The number of aliphatic hydroxyl groups is 1. The predicted molar refractivity (Wildman–Crippen MR) is 80.9 cm³/mol. The Morgan fingerprint density at radius 2 is 2.05 bits per heavy atom. The van der Waals surface area contributed by atoms with Gasteiger partial charge in [0.1, 0.15) is 5.02 Å². The maximum Gasteiger partial charge on any atom is 0.290 e. The molecule has 0 fully saturated rings. The van der Waals surface area contributed by atoms with Crippen molar-refractivity contribution >= 4 is 34.8 Å². The zero-order valence-electron chi connectivity index (χ0n) is 11.6. The van der Waals surface area contributed by atoms with Gasteiger partial charge in [0.25, 0.3) is 11.6 Å². The second-order valence-electron chi connectivity index (χ2n) is 5.04. The third kappa shape index (κ3) is 5.15. The van der Waals surface area contributed by atoms with Crippen LogP contribution in [-0.2, 0) is 0 Å². The Morgan fingerprint density at radius 1 is 1.43 bits per heavy atom. The first-order chi connectivity index (χ1) is 9.72. The number of nitro benzene ring substituents is 1. The molecule has 0 aromatic heterocycles. The summed E-state index contributed by atoms with van der Waals surface area (Å²) in [5.41, 5.74) is -0.412. The summed E-state index contributed by atoms with van der Waals surface area (Å²) in [7, 11) is 0. The fourth-order valence-corrected chi connectivity index (χ4v) is 2.17. The number of carbonyl (C=O) groups is 1. The Bertz CT molecular complexity index is 549. The summed E-state index contributed by atoms with van der Waals surface area (Å²) in [6.45, 7) is 3.96. The Morgan fingerprint density at radius 3 is 2.57 bits per heavy atom. The molecule has 1 atom stereocenters. The molecule has 0 bridgehead atoms. The maximum atomic E-state index is 11.9. The lowest BCUT2D eigenvalue weighted by Gasteiger charge is -2.14. The molecule has 21 heavy (non-hydrogen) atoms. The van der Waals surface area contributed by atoms with Gasteiger partial charge in [0.05, 0.1) is 16.0 Å². The summed E-state index contributed by atoms with van der Waals surface area (Å²) in [4.78, 5) is 22.0. The van der Waals surface area contributed by atoms with Crippen LogP contribution >= 0.6 is 23.2 Å². The van der Waals surface area contributed by atoms with E-state index in [9.17, 15) is 20.0 Å². The molecule has 1 rings (SSSR count). The van der Waals surface area contributed by atoms with Crippen LogP contribution in [0, 0.1) is 16.0 Å². The molecule has 2 N–H and O–H groups in total.